The Labute approximate surface area is 343 Å². The van der Waals surface area contributed by atoms with Gasteiger partial charge in [0.15, 0.2) is 0 Å². The van der Waals surface area contributed by atoms with Crippen molar-refractivity contribution in [1.29, 1.82) is 0 Å². The van der Waals surface area contributed by atoms with Crippen molar-refractivity contribution in [2.24, 2.45) is 17.8 Å². The van der Waals surface area contributed by atoms with E-state index in [1.165, 1.54) is 153 Å². The largest absolute Gasteiger partial charge is 0.375 e. The Hall–Kier alpha value is -4.76. The topological polar surface area (TPSA) is 9.86 Å². The van der Waals surface area contributed by atoms with Gasteiger partial charge in [-0.1, -0.05) is 107 Å². The molecule has 0 radical (unpaired) electrons. The van der Waals surface area contributed by atoms with E-state index in [9.17, 15) is 0 Å². The van der Waals surface area contributed by atoms with Crippen molar-refractivity contribution in [2.75, 3.05) is 0 Å². The predicted molar refractivity (Wildman–Crippen MR) is 244 cm³/mol. The first-order valence-corrected chi connectivity index (χ1v) is 22.9. The van der Waals surface area contributed by atoms with Gasteiger partial charge >= 0.3 is 6.85 Å². The maximum atomic E-state index is 2.84. The second-order valence-corrected chi connectivity index (χ2v) is 21.3. The van der Waals surface area contributed by atoms with Gasteiger partial charge in [0, 0.05) is 54.8 Å². The van der Waals surface area contributed by atoms with Crippen LogP contribution >= 0.6 is 0 Å². The summed E-state index contributed by atoms with van der Waals surface area (Å²) in [6, 6.07) is 35.0. The van der Waals surface area contributed by atoms with E-state index in [0.29, 0.717) is 0 Å². The first kappa shape index (κ1) is 33.1. The summed E-state index contributed by atoms with van der Waals surface area (Å²) < 4.78 is 5.57. The van der Waals surface area contributed by atoms with Gasteiger partial charge in [0.1, 0.15) is 0 Å². The van der Waals surface area contributed by atoms with Gasteiger partial charge in [-0.15, -0.1) is 0 Å². The molecule has 0 saturated heterocycles. The molecule has 14 rings (SSSR count). The third kappa shape index (κ3) is 3.85. The molecule has 2 aliphatic heterocycles. The minimum absolute atomic E-state index is 0.0819. The van der Waals surface area contributed by atoms with Crippen molar-refractivity contribution in [3.05, 3.63) is 124 Å². The number of para-hydroxylation sites is 1. The van der Waals surface area contributed by atoms with E-state index < -0.39 is 0 Å². The van der Waals surface area contributed by atoms with Crippen molar-refractivity contribution in [2.45, 2.75) is 115 Å². The fraction of sp³-hybridized carbons (Fsp3) is 0.382. The molecule has 4 heterocycles. The monoisotopic (exact) mass is 752 g/mol. The van der Waals surface area contributed by atoms with E-state index in [2.05, 4.69) is 135 Å². The van der Waals surface area contributed by atoms with Crippen LogP contribution in [-0.2, 0) is 16.2 Å². The summed E-state index contributed by atoms with van der Waals surface area (Å²) in [7, 11) is 0. The molecule has 3 heteroatoms. The number of hydrogen-bond donors (Lipinski definition) is 0. The lowest BCUT2D eigenvalue weighted by Crippen LogP contribution is -2.55. The Kier molecular flexibility index (Phi) is 6.11. The van der Waals surface area contributed by atoms with Gasteiger partial charge in [-0.25, -0.2) is 0 Å². The van der Waals surface area contributed by atoms with E-state index in [4.69, 9.17) is 0 Å². The number of aryl methyl sites for hydroxylation is 1. The van der Waals surface area contributed by atoms with Gasteiger partial charge < -0.3 is 9.05 Å². The lowest BCUT2D eigenvalue weighted by atomic mass is 9.45. The number of hydrogen-bond acceptors (Lipinski definition) is 0. The highest BCUT2D eigenvalue weighted by Crippen LogP contribution is 2.58. The van der Waals surface area contributed by atoms with Crippen LogP contribution in [0.3, 0.4) is 0 Å². The molecule has 58 heavy (non-hydrogen) atoms. The molecule has 0 amide bonds. The zero-order chi connectivity index (χ0) is 38.6. The molecule has 4 bridgehead atoms. The second kappa shape index (κ2) is 10.7. The minimum atomic E-state index is -0.0819. The van der Waals surface area contributed by atoms with Crippen molar-refractivity contribution < 1.29 is 0 Å². The smallest absolute Gasteiger partial charge is 0.333 e. The third-order valence-corrected chi connectivity index (χ3v) is 17.7. The average molecular weight is 753 g/mol. The van der Waals surface area contributed by atoms with Crippen molar-refractivity contribution >= 4 is 50.5 Å². The zero-order valence-corrected chi connectivity index (χ0v) is 34.9. The Balaban J connectivity index is 1.11. The Morgan fingerprint density at radius 1 is 0.776 bits per heavy atom. The van der Waals surface area contributed by atoms with Crippen LogP contribution in [0, 0.1) is 24.7 Å². The summed E-state index contributed by atoms with van der Waals surface area (Å²) in [6.07, 6.45) is 15.9. The summed E-state index contributed by atoms with van der Waals surface area (Å²) in [6.45, 7) is 12.4. The highest BCUT2D eigenvalue weighted by molar-refractivity contribution is 6.90. The number of rotatable bonds is 3. The van der Waals surface area contributed by atoms with Crippen molar-refractivity contribution in [1.82, 2.24) is 9.05 Å². The molecule has 2 nitrogen and oxygen atoms in total. The first-order chi connectivity index (χ1) is 28.2. The first-order valence-electron chi connectivity index (χ1n) is 22.9. The van der Waals surface area contributed by atoms with E-state index in [1.807, 2.05) is 0 Å². The van der Waals surface area contributed by atoms with Gasteiger partial charge in [0.25, 0.3) is 0 Å². The molecule has 286 valence electrons. The fourth-order valence-electron chi connectivity index (χ4n) is 15.5. The molecular formula is C55H53BN2. The van der Waals surface area contributed by atoms with Crippen LogP contribution in [0.2, 0.25) is 0 Å². The van der Waals surface area contributed by atoms with E-state index >= 15 is 0 Å². The summed E-state index contributed by atoms with van der Waals surface area (Å²) in [4.78, 5) is 0. The van der Waals surface area contributed by atoms with Crippen LogP contribution in [-0.4, -0.2) is 15.9 Å². The highest BCUT2D eigenvalue weighted by atomic mass is 15.0. The number of fused-ring (bicyclic) bond motifs is 16. The SMILES string of the molecule is CCC1(c2cc3c4c(c2)c2cc(C56CC=C(CC(C)C5)C6)ccc2n4B2c4c-3cc(C)cc4-n3c4c(c5cccc2c53)C(C)(C)c2ccccc2-4)CC2CCC(C2)C1. The Bertz CT molecular complexity index is 3060. The number of aromatic nitrogens is 2. The van der Waals surface area contributed by atoms with Crippen LogP contribution in [0.4, 0.5) is 0 Å². The van der Waals surface area contributed by atoms with Gasteiger partial charge in [0.2, 0.25) is 0 Å². The molecule has 0 spiro atoms. The minimum Gasteiger partial charge on any atom is -0.375 e. The second-order valence-electron chi connectivity index (χ2n) is 21.3. The van der Waals surface area contributed by atoms with Crippen LogP contribution in [0.25, 0.3) is 60.8 Å². The van der Waals surface area contributed by atoms with Gasteiger partial charge in [-0.05, 0) is 156 Å². The van der Waals surface area contributed by atoms with E-state index in [0.717, 1.165) is 17.8 Å². The lowest BCUT2D eigenvalue weighted by molar-refractivity contribution is 0.207. The quantitative estimate of drug-likeness (QED) is 0.126. The molecule has 7 aromatic rings. The molecule has 7 aliphatic rings. The standard InChI is InChI=1S/C55H53BN2/c1-6-54(28-33-14-15-34(23-33)29-54)37-25-42-40-24-36(55-19-18-35(30-55)20-32(3)27-55)16-17-46(40)58-50(42)43(26-37)41-21-31(2)22-47-49(41)56(58)45-13-9-11-39-48-52(57(47)51(39)45)38-10-7-8-12-44(38)53(48,4)5/h7-13,16-18,21-22,24-26,32-34H,6,14-15,19-20,23,27-30H2,1-5H3. The highest BCUT2D eigenvalue weighted by Gasteiger charge is 2.49. The molecule has 0 N–H and O–H groups in total. The van der Waals surface area contributed by atoms with E-state index in [1.54, 1.807) is 16.7 Å². The number of allylic oxidation sites excluding steroid dienone is 2. The molecule has 5 aromatic carbocycles. The number of nitrogens with zero attached hydrogens (tertiary/aromatic N) is 2. The summed E-state index contributed by atoms with van der Waals surface area (Å²) >= 11 is 0. The summed E-state index contributed by atoms with van der Waals surface area (Å²) in [5.74, 6) is 2.51. The average Bonchev–Trinajstić information content (AvgIpc) is 4.00. The Morgan fingerprint density at radius 3 is 2.45 bits per heavy atom. The third-order valence-electron chi connectivity index (χ3n) is 17.7. The predicted octanol–water partition coefficient (Wildman–Crippen LogP) is 12.5. The molecule has 4 unspecified atom stereocenters. The van der Waals surface area contributed by atoms with Gasteiger partial charge in [0.05, 0.1) is 11.2 Å². The molecule has 3 fully saturated rings. The number of benzene rings is 5. The van der Waals surface area contributed by atoms with Crippen molar-refractivity contribution in [3.63, 3.8) is 0 Å². The van der Waals surface area contributed by atoms with Crippen LogP contribution < -0.4 is 10.9 Å². The van der Waals surface area contributed by atoms with E-state index in [-0.39, 0.29) is 23.1 Å². The van der Waals surface area contributed by atoms with Gasteiger partial charge in [-0.3, -0.25) is 0 Å². The zero-order valence-electron chi connectivity index (χ0n) is 34.9. The maximum Gasteiger partial charge on any atom is 0.333 e. The van der Waals surface area contributed by atoms with Crippen LogP contribution in [0.5, 0.6) is 0 Å². The van der Waals surface area contributed by atoms with Crippen LogP contribution in [0.15, 0.2) is 96.6 Å². The molecular weight excluding hydrogens is 699 g/mol. The lowest BCUT2D eigenvalue weighted by Gasteiger charge is -2.42. The van der Waals surface area contributed by atoms with Crippen molar-refractivity contribution in [3.8, 4) is 28.1 Å². The summed E-state index contributed by atoms with van der Waals surface area (Å²) in [5.41, 5.74) is 24.0. The molecule has 2 aromatic heterocycles. The van der Waals surface area contributed by atoms with Crippen LogP contribution in [0.1, 0.15) is 120 Å². The normalized spacial score (nSPS) is 27.7. The maximum absolute atomic E-state index is 2.84. The molecule has 5 aliphatic carbocycles. The summed E-state index contributed by atoms with van der Waals surface area (Å²) in [5, 5.41) is 4.41. The molecule has 3 saturated carbocycles. The fourth-order valence-corrected chi connectivity index (χ4v) is 15.5. The Morgan fingerprint density at radius 2 is 1.60 bits per heavy atom. The molecule has 4 atom stereocenters. The van der Waals surface area contributed by atoms with Gasteiger partial charge in [-0.2, -0.15) is 0 Å².